The molecule has 0 aromatic heterocycles. The van der Waals surface area contributed by atoms with Crippen molar-refractivity contribution >= 4 is 29.2 Å². The van der Waals surface area contributed by atoms with E-state index in [1.54, 1.807) is 17.8 Å². The summed E-state index contributed by atoms with van der Waals surface area (Å²) in [5, 5.41) is 29.8. The number of anilines is 1. The third-order valence-corrected chi connectivity index (χ3v) is 7.20. The minimum Gasteiger partial charge on any atom is -0.463 e. The van der Waals surface area contributed by atoms with E-state index >= 15 is 0 Å². The fraction of sp³-hybridized carbons (Fsp3) is 0.391. The van der Waals surface area contributed by atoms with E-state index in [2.05, 4.69) is 30.9 Å². The van der Waals surface area contributed by atoms with Gasteiger partial charge in [0.2, 0.25) is 5.72 Å². The molecular formula is C23H26N2O5S. The average Bonchev–Trinajstić information content (AvgIpc) is 2.94. The molecule has 0 radical (unpaired) electrons. The number of hydrogen-bond donors (Lipinski definition) is 2. The van der Waals surface area contributed by atoms with Gasteiger partial charge in [0, 0.05) is 41.4 Å². The number of rotatable bonds is 7. The monoisotopic (exact) mass is 442 g/mol. The molecular weight excluding hydrogens is 416 g/mol. The van der Waals surface area contributed by atoms with Crippen molar-refractivity contribution in [3.63, 3.8) is 0 Å². The second-order valence-corrected chi connectivity index (χ2v) is 9.47. The van der Waals surface area contributed by atoms with Crippen molar-refractivity contribution in [1.82, 2.24) is 0 Å². The Morgan fingerprint density at radius 1 is 1.26 bits per heavy atom. The Morgan fingerprint density at radius 3 is 2.77 bits per heavy atom. The van der Waals surface area contributed by atoms with Crippen molar-refractivity contribution in [2.24, 2.45) is 0 Å². The summed E-state index contributed by atoms with van der Waals surface area (Å²) in [4.78, 5) is 13.0. The van der Waals surface area contributed by atoms with Gasteiger partial charge < -0.3 is 19.8 Å². The van der Waals surface area contributed by atoms with Crippen molar-refractivity contribution in [1.29, 1.82) is 0 Å². The van der Waals surface area contributed by atoms with Crippen molar-refractivity contribution in [3.8, 4) is 5.75 Å². The summed E-state index contributed by atoms with van der Waals surface area (Å²) in [5.74, 6) is 1.82. The number of nitro groups is 1. The second-order valence-electron chi connectivity index (χ2n) is 8.32. The van der Waals surface area contributed by atoms with Crippen LogP contribution in [0.15, 0.2) is 48.5 Å². The number of thioether (sulfide) groups is 1. The van der Waals surface area contributed by atoms with E-state index in [0.29, 0.717) is 23.6 Å². The van der Waals surface area contributed by atoms with Crippen LogP contribution in [0.3, 0.4) is 0 Å². The van der Waals surface area contributed by atoms with Crippen molar-refractivity contribution < 1.29 is 19.9 Å². The SMILES string of the molecule is CC1(C)c2ccccc2N(CCSCC(O)CO)C12C=Cc1cc([N+](=O)[O-])ccc1O2. The van der Waals surface area contributed by atoms with Gasteiger partial charge in [0.25, 0.3) is 5.69 Å². The Balaban J connectivity index is 1.69. The molecule has 0 aliphatic carbocycles. The Bertz CT molecular complexity index is 1020. The van der Waals surface area contributed by atoms with Crippen molar-refractivity contribution in [2.75, 3.05) is 29.6 Å². The van der Waals surface area contributed by atoms with Gasteiger partial charge in [-0.25, -0.2) is 0 Å². The Kier molecular flexibility index (Phi) is 5.72. The molecule has 2 aliphatic rings. The first-order valence-electron chi connectivity index (χ1n) is 10.2. The van der Waals surface area contributed by atoms with Gasteiger partial charge in [-0.15, -0.1) is 0 Å². The normalized spacial score (nSPS) is 21.5. The number of aliphatic hydroxyl groups excluding tert-OH is 2. The molecule has 164 valence electrons. The summed E-state index contributed by atoms with van der Waals surface area (Å²) in [6.07, 6.45) is 3.19. The minimum absolute atomic E-state index is 0.0348. The lowest BCUT2D eigenvalue weighted by Crippen LogP contribution is -2.60. The predicted molar refractivity (Wildman–Crippen MR) is 123 cm³/mol. The quantitative estimate of drug-likeness (QED) is 0.384. The summed E-state index contributed by atoms with van der Waals surface area (Å²) < 4.78 is 6.64. The smallest absolute Gasteiger partial charge is 0.270 e. The second kappa shape index (κ2) is 8.18. The fourth-order valence-electron chi connectivity index (χ4n) is 4.42. The lowest BCUT2D eigenvalue weighted by molar-refractivity contribution is -0.384. The van der Waals surface area contributed by atoms with Crippen LogP contribution in [0.2, 0.25) is 0 Å². The zero-order valence-electron chi connectivity index (χ0n) is 17.5. The third-order valence-electron chi connectivity index (χ3n) is 6.10. The van der Waals surface area contributed by atoms with Crippen LogP contribution in [0.5, 0.6) is 5.75 Å². The highest BCUT2D eigenvalue weighted by Gasteiger charge is 2.58. The van der Waals surface area contributed by atoms with Gasteiger partial charge in [-0.2, -0.15) is 11.8 Å². The maximum absolute atomic E-state index is 11.2. The average molecular weight is 443 g/mol. The molecule has 2 aliphatic heterocycles. The summed E-state index contributed by atoms with van der Waals surface area (Å²) in [6, 6.07) is 12.9. The van der Waals surface area contributed by atoms with Crippen LogP contribution in [-0.2, 0) is 5.41 Å². The van der Waals surface area contributed by atoms with E-state index in [4.69, 9.17) is 9.84 Å². The number of nitro benzene ring substituents is 1. The van der Waals surface area contributed by atoms with E-state index < -0.39 is 16.8 Å². The highest BCUT2D eigenvalue weighted by atomic mass is 32.2. The first-order chi connectivity index (χ1) is 14.8. The highest BCUT2D eigenvalue weighted by Crippen LogP contribution is 2.54. The summed E-state index contributed by atoms with van der Waals surface area (Å²) in [6.45, 7) is 4.73. The molecule has 0 fully saturated rings. The van der Waals surface area contributed by atoms with Gasteiger partial charge in [-0.1, -0.05) is 18.2 Å². The highest BCUT2D eigenvalue weighted by molar-refractivity contribution is 7.99. The van der Waals surface area contributed by atoms with Crippen LogP contribution in [0, 0.1) is 10.1 Å². The Labute approximate surface area is 185 Å². The topological polar surface area (TPSA) is 96.1 Å². The third kappa shape index (κ3) is 3.58. The molecule has 0 saturated heterocycles. The standard InChI is InChI=1S/C23H26N2O5S/c1-22(2)19-5-3-4-6-20(19)24(11-12-31-15-18(27)14-26)23(22)10-9-16-13-17(25(28)29)7-8-21(16)30-23/h3-10,13,18,26-27H,11-12,14-15H2,1-2H3. The first kappa shape index (κ1) is 21.7. The van der Waals surface area contributed by atoms with Crippen LogP contribution in [0.4, 0.5) is 11.4 Å². The molecule has 2 N–H and O–H groups in total. The van der Waals surface area contributed by atoms with Crippen LogP contribution in [-0.4, -0.2) is 51.6 Å². The van der Waals surface area contributed by atoms with Crippen molar-refractivity contribution in [3.05, 3.63) is 69.8 Å². The predicted octanol–water partition coefficient (Wildman–Crippen LogP) is 3.58. The van der Waals surface area contributed by atoms with Gasteiger partial charge in [0.15, 0.2) is 0 Å². The fourth-order valence-corrected chi connectivity index (χ4v) is 5.28. The number of nitrogens with zero attached hydrogens (tertiary/aromatic N) is 2. The number of para-hydroxylation sites is 1. The van der Waals surface area contributed by atoms with E-state index in [0.717, 1.165) is 11.4 Å². The van der Waals surface area contributed by atoms with Crippen LogP contribution in [0.1, 0.15) is 25.0 Å². The Hall–Kier alpha value is -2.55. The van der Waals surface area contributed by atoms with Crippen LogP contribution < -0.4 is 9.64 Å². The maximum atomic E-state index is 11.2. The zero-order chi connectivity index (χ0) is 22.2. The largest absolute Gasteiger partial charge is 0.463 e. The molecule has 2 aromatic rings. The maximum Gasteiger partial charge on any atom is 0.270 e. The summed E-state index contributed by atoms with van der Waals surface area (Å²) >= 11 is 1.58. The molecule has 2 atom stereocenters. The molecule has 7 nitrogen and oxygen atoms in total. The van der Waals surface area contributed by atoms with Crippen molar-refractivity contribution in [2.45, 2.75) is 31.1 Å². The molecule has 4 rings (SSSR count). The molecule has 31 heavy (non-hydrogen) atoms. The van der Waals surface area contributed by atoms with E-state index in [1.165, 1.54) is 17.7 Å². The van der Waals surface area contributed by atoms with Gasteiger partial charge in [-0.05, 0) is 43.7 Å². The number of non-ortho nitro benzene ring substituents is 1. The summed E-state index contributed by atoms with van der Waals surface area (Å²) in [5.41, 5.74) is 1.82. The lowest BCUT2D eigenvalue weighted by atomic mass is 9.76. The molecule has 0 bridgehead atoms. The molecule has 1 spiro atoms. The minimum atomic E-state index is -0.782. The number of benzene rings is 2. The Morgan fingerprint density at radius 2 is 2.03 bits per heavy atom. The van der Waals surface area contributed by atoms with E-state index in [9.17, 15) is 15.2 Å². The number of fused-ring (bicyclic) bond motifs is 2. The molecule has 2 heterocycles. The van der Waals surface area contributed by atoms with Gasteiger partial charge in [-0.3, -0.25) is 10.1 Å². The summed E-state index contributed by atoms with van der Waals surface area (Å²) in [7, 11) is 0. The van der Waals surface area contributed by atoms with Crippen LogP contribution in [0.25, 0.3) is 6.08 Å². The van der Waals surface area contributed by atoms with Gasteiger partial charge in [0.05, 0.1) is 23.0 Å². The first-order valence-corrected chi connectivity index (χ1v) is 11.4. The lowest BCUT2D eigenvalue weighted by Gasteiger charge is -2.47. The van der Waals surface area contributed by atoms with Crippen LogP contribution >= 0.6 is 11.8 Å². The zero-order valence-corrected chi connectivity index (χ0v) is 18.3. The van der Waals surface area contributed by atoms with E-state index in [1.807, 2.05) is 24.3 Å². The molecule has 2 aromatic carbocycles. The van der Waals surface area contributed by atoms with Gasteiger partial charge >= 0.3 is 0 Å². The van der Waals surface area contributed by atoms with E-state index in [-0.39, 0.29) is 17.7 Å². The molecule has 0 amide bonds. The number of hydrogen-bond acceptors (Lipinski definition) is 7. The van der Waals surface area contributed by atoms with Gasteiger partial charge in [0.1, 0.15) is 5.75 Å². The molecule has 2 unspecified atom stereocenters. The number of ether oxygens (including phenoxy) is 1. The number of aliphatic hydroxyl groups is 2. The molecule has 0 saturated carbocycles. The molecule has 8 heteroatoms.